The van der Waals surface area contributed by atoms with E-state index in [0.717, 1.165) is 12.0 Å². The van der Waals surface area contributed by atoms with E-state index in [2.05, 4.69) is 26.1 Å². The van der Waals surface area contributed by atoms with Crippen LogP contribution in [0.5, 0.6) is 11.5 Å². The molecule has 0 spiro atoms. The zero-order valence-electron chi connectivity index (χ0n) is 15.2. The second kappa shape index (κ2) is 8.54. The van der Waals surface area contributed by atoms with Gasteiger partial charge in [0, 0.05) is 17.6 Å². The lowest BCUT2D eigenvalue weighted by atomic mass is 10.0. The van der Waals surface area contributed by atoms with Gasteiger partial charge in [-0.3, -0.25) is 0 Å². The molecule has 0 aliphatic rings. The minimum atomic E-state index is -0.305. The van der Waals surface area contributed by atoms with Crippen molar-refractivity contribution in [1.82, 2.24) is 5.32 Å². The lowest BCUT2D eigenvalue weighted by molar-refractivity contribution is 0.279. The maximum atomic E-state index is 13.7. The first-order valence-corrected chi connectivity index (χ1v) is 8.71. The molecule has 0 heterocycles. The molecule has 2 rings (SSSR count). The Morgan fingerprint density at radius 2 is 1.92 bits per heavy atom. The lowest BCUT2D eigenvalue weighted by Gasteiger charge is -2.25. The third kappa shape index (κ3) is 5.35. The Labute approximate surface area is 154 Å². The SMILES string of the molecule is CCC(C)(C)NCc1cc(Cl)c(OCc2ccccc2F)c(OC)c1. The highest BCUT2D eigenvalue weighted by Crippen LogP contribution is 2.37. The van der Waals surface area contributed by atoms with Crippen molar-refractivity contribution < 1.29 is 13.9 Å². The molecular weight excluding hydrogens is 341 g/mol. The minimum Gasteiger partial charge on any atom is -0.493 e. The third-order valence-electron chi connectivity index (χ3n) is 4.27. The summed E-state index contributed by atoms with van der Waals surface area (Å²) in [6.45, 7) is 7.20. The number of hydrogen-bond donors (Lipinski definition) is 1. The Morgan fingerprint density at radius 3 is 2.56 bits per heavy atom. The van der Waals surface area contributed by atoms with E-state index in [9.17, 15) is 4.39 Å². The fourth-order valence-electron chi connectivity index (χ4n) is 2.25. The molecular formula is C20H25ClFNO2. The third-order valence-corrected chi connectivity index (χ3v) is 4.55. The van der Waals surface area contributed by atoms with Gasteiger partial charge in [-0.1, -0.05) is 36.7 Å². The minimum absolute atomic E-state index is 0.0414. The van der Waals surface area contributed by atoms with Crippen molar-refractivity contribution in [2.75, 3.05) is 7.11 Å². The predicted octanol–water partition coefficient (Wildman–Crippen LogP) is 5.34. The molecule has 0 aliphatic heterocycles. The van der Waals surface area contributed by atoms with Crippen LogP contribution in [0.4, 0.5) is 4.39 Å². The van der Waals surface area contributed by atoms with Crippen LogP contribution in [-0.4, -0.2) is 12.6 Å². The van der Waals surface area contributed by atoms with Gasteiger partial charge in [-0.25, -0.2) is 4.39 Å². The van der Waals surface area contributed by atoms with Gasteiger partial charge in [-0.05, 0) is 44.0 Å². The van der Waals surface area contributed by atoms with Gasteiger partial charge in [-0.2, -0.15) is 0 Å². The Morgan fingerprint density at radius 1 is 1.20 bits per heavy atom. The van der Waals surface area contributed by atoms with Gasteiger partial charge in [0.1, 0.15) is 12.4 Å². The molecule has 0 fully saturated rings. The highest BCUT2D eigenvalue weighted by molar-refractivity contribution is 6.32. The molecule has 0 saturated heterocycles. The first-order chi connectivity index (χ1) is 11.9. The van der Waals surface area contributed by atoms with Gasteiger partial charge >= 0.3 is 0 Å². The fraction of sp³-hybridized carbons (Fsp3) is 0.400. The Kier molecular flexibility index (Phi) is 6.68. The molecule has 0 amide bonds. The average Bonchev–Trinajstić information content (AvgIpc) is 2.60. The molecule has 0 radical (unpaired) electrons. The zero-order chi connectivity index (χ0) is 18.4. The predicted molar refractivity (Wildman–Crippen MR) is 99.9 cm³/mol. The van der Waals surface area contributed by atoms with Crippen molar-refractivity contribution >= 4 is 11.6 Å². The topological polar surface area (TPSA) is 30.5 Å². The van der Waals surface area contributed by atoms with Gasteiger partial charge in [0.25, 0.3) is 0 Å². The van der Waals surface area contributed by atoms with Crippen LogP contribution in [0.2, 0.25) is 5.02 Å². The maximum absolute atomic E-state index is 13.7. The van der Waals surface area contributed by atoms with Crippen molar-refractivity contribution in [3.8, 4) is 11.5 Å². The lowest BCUT2D eigenvalue weighted by Crippen LogP contribution is -2.37. The summed E-state index contributed by atoms with van der Waals surface area (Å²) in [5.41, 5.74) is 1.51. The number of benzene rings is 2. The molecule has 2 aromatic carbocycles. The van der Waals surface area contributed by atoms with Crippen molar-refractivity contribution in [2.45, 2.75) is 45.9 Å². The molecule has 136 valence electrons. The molecule has 5 heteroatoms. The number of methoxy groups -OCH3 is 1. The number of nitrogens with one attached hydrogen (secondary N) is 1. The Balaban J connectivity index is 2.15. The van der Waals surface area contributed by atoms with E-state index in [0.29, 0.717) is 28.6 Å². The summed E-state index contributed by atoms with van der Waals surface area (Å²) in [6, 6.07) is 10.2. The van der Waals surface area contributed by atoms with Crippen molar-refractivity contribution in [3.05, 3.63) is 58.4 Å². The molecule has 1 N–H and O–H groups in total. The molecule has 3 nitrogen and oxygen atoms in total. The number of rotatable bonds is 8. The second-order valence-electron chi connectivity index (χ2n) is 6.58. The molecule has 0 bridgehead atoms. The summed E-state index contributed by atoms with van der Waals surface area (Å²) in [5.74, 6) is 0.654. The average molecular weight is 366 g/mol. The number of hydrogen-bond acceptors (Lipinski definition) is 3. The zero-order valence-corrected chi connectivity index (χ0v) is 15.9. The van der Waals surface area contributed by atoms with Crippen molar-refractivity contribution in [1.29, 1.82) is 0 Å². The van der Waals surface area contributed by atoms with Crippen molar-refractivity contribution in [3.63, 3.8) is 0 Å². The van der Waals surface area contributed by atoms with E-state index in [1.807, 2.05) is 12.1 Å². The summed E-state index contributed by atoms with van der Waals surface area (Å²) in [6.07, 6.45) is 1.02. The standard InChI is InChI=1S/C20H25ClFNO2/c1-5-20(2,3)23-12-14-10-16(21)19(18(11-14)24-4)25-13-15-8-6-7-9-17(15)22/h6-11,23H,5,12-13H2,1-4H3. The summed E-state index contributed by atoms with van der Waals surface area (Å²) in [7, 11) is 1.56. The molecule has 0 unspecified atom stereocenters. The molecule has 0 atom stereocenters. The van der Waals surface area contributed by atoms with E-state index < -0.39 is 0 Å². The van der Waals surface area contributed by atoms with Crippen LogP contribution in [-0.2, 0) is 13.2 Å². The number of halogens is 2. The summed E-state index contributed by atoms with van der Waals surface area (Å²) < 4.78 is 24.9. The van der Waals surface area contributed by atoms with Gasteiger partial charge in [0.2, 0.25) is 0 Å². The normalized spacial score (nSPS) is 11.4. The van der Waals surface area contributed by atoms with Crippen LogP contribution in [0.15, 0.2) is 36.4 Å². The van der Waals surface area contributed by atoms with E-state index in [1.165, 1.54) is 6.07 Å². The van der Waals surface area contributed by atoms with Crippen LogP contribution in [0, 0.1) is 5.82 Å². The maximum Gasteiger partial charge on any atom is 0.180 e. The van der Waals surface area contributed by atoms with E-state index in [4.69, 9.17) is 21.1 Å². The highest BCUT2D eigenvalue weighted by Gasteiger charge is 2.16. The molecule has 0 saturated carbocycles. The molecule has 25 heavy (non-hydrogen) atoms. The van der Waals surface area contributed by atoms with Crippen LogP contribution < -0.4 is 14.8 Å². The first-order valence-electron chi connectivity index (χ1n) is 8.34. The quantitative estimate of drug-likeness (QED) is 0.684. The largest absolute Gasteiger partial charge is 0.493 e. The Bertz CT molecular complexity index is 719. The van der Waals surface area contributed by atoms with Crippen LogP contribution in [0.25, 0.3) is 0 Å². The molecule has 2 aromatic rings. The summed E-state index contributed by atoms with van der Waals surface area (Å²) in [5, 5.41) is 3.93. The smallest absolute Gasteiger partial charge is 0.180 e. The first kappa shape index (κ1) is 19.5. The molecule has 0 aromatic heterocycles. The van der Waals surface area contributed by atoms with Gasteiger partial charge in [-0.15, -0.1) is 0 Å². The van der Waals surface area contributed by atoms with Crippen LogP contribution in [0.1, 0.15) is 38.3 Å². The molecule has 0 aliphatic carbocycles. The van der Waals surface area contributed by atoms with Crippen LogP contribution in [0.3, 0.4) is 0 Å². The highest BCUT2D eigenvalue weighted by atomic mass is 35.5. The van der Waals surface area contributed by atoms with Crippen LogP contribution >= 0.6 is 11.6 Å². The fourth-order valence-corrected chi connectivity index (χ4v) is 2.53. The van der Waals surface area contributed by atoms with Crippen molar-refractivity contribution in [2.24, 2.45) is 0 Å². The van der Waals surface area contributed by atoms with Gasteiger partial charge in [0.15, 0.2) is 11.5 Å². The van der Waals surface area contributed by atoms with Gasteiger partial charge < -0.3 is 14.8 Å². The Hall–Kier alpha value is -1.78. The van der Waals surface area contributed by atoms with Gasteiger partial charge in [0.05, 0.1) is 12.1 Å². The second-order valence-corrected chi connectivity index (χ2v) is 6.99. The monoisotopic (exact) mass is 365 g/mol. The van der Waals surface area contributed by atoms with E-state index in [-0.39, 0.29) is 18.0 Å². The van der Waals surface area contributed by atoms with E-state index in [1.54, 1.807) is 25.3 Å². The summed E-state index contributed by atoms with van der Waals surface area (Å²) in [4.78, 5) is 0. The van der Waals surface area contributed by atoms with E-state index >= 15 is 0 Å². The number of ether oxygens (including phenoxy) is 2. The summed E-state index contributed by atoms with van der Waals surface area (Å²) >= 11 is 6.38.